The minimum absolute atomic E-state index is 0.0394. The number of nitrogens with zero attached hydrogens (tertiary/aromatic N) is 3. The molecule has 1 heterocycles. The van der Waals surface area contributed by atoms with E-state index >= 15 is 0 Å². The topological polar surface area (TPSA) is 85.2 Å². The van der Waals surface area contributed by atoms with E-state index in [2.05, 4.69) is 4.90 Å². The Bertz CT molecular complexity index is 636. The fraction of sp³-hybridized carbons (Fsp3) is 0.632. The van der Waals surface area contributed by atoms with Crippen LogP contribution in [0, 0.1) is 15.5 Å². The lowest BCUT2D eigenvalue weighted by molar-refractivity contribution is -0.384. The third kappa shape index (κ3) is 7.15. The van der Waals surface area contributed by atoms with E-state index in [0.29, 0.717) is 25.4 Å². The predicted octanol–water partition coefficient (Wildman–Crippen LogP) is 2.88. The van der Waals surface area contributed by atoms with Crippen molar-refractivity contribution in [3.63, 3.8) is 0 Å². The predicted molar refractivity (Wildman–Crippen MR) is 101 cm³/mol. The molecule has 0 atom stereocenters. The van der Waals surface area contributed by atoms with Crippen LogP contribution in [0.3, 0.4) is 0 Å². The summed E-state index contributed by atoms with van der Waals surface area (Å²) in [6, 6.07) is 6.24. The fourth-order valence-corrected chi connectivity index (χ4v) is 2.61. The van der Waals surface area contributed by atoms with Crippen LogP contribution in [0.5, 0.6) is 5.75 Å². The molecule has 0 N–H and O–H groups in total. The minimum Gasteiger partial charge on any atom is -0.493 e. The smallest absolute Gasteiger partial charge is 0.330 e. The number of hydrogen-bond acceptors (Lipinski definition) is 7. The lowest BCUT2D eigenvalue weighted by atomic mass is 9.98. The largest absolute Gasteiger partial charge is 0.493 e. The maximum atomic E-state index is 11.9. The molecule has 1 fully saturated rings. The number of non-ortho nitro benzene ring substituents is 1. The van der Waals surface area contributed by atoms with E-state index in [9.17, 15) is 14.9 Å². The molecule has 0 spiro atoms. The Labute approximate surface area is 160 Å². The van der Waals surface area contributed by atoms with E-state index in [1.165, 1.54) is 12.1 Å². The van der Waals surface area contributed by atoms with Crippen LogP contribution in [0.25, 0.3) is 0 Å². The second-order valence-corrected chi connectivity index (χ2v) is 7.71. The molecule has 0 aliphatic carbocycles. The summed E-state index contributed by atoms with van der Waals surface area (Å²) >= 11 is 0. The number of piperazine rings is 1. The highest BCUT2D eigenvalue weighted by molar-refractivity contribution is 5.75. The van der Waals surface area contributed by atoms with Gasteiger partial charge in [-0.25, -0.2) is 4.79 Å². The van der Waals surface area contributed by atoms with Gasteiger partial charge in [-0.05, 0) is 46.2 Å². The highest BCUT2D eigenvalue weighted by Gasteiger charge is 2.27. The van der Waals surface area contributed by atoms with Gasteiger partial charge in [-0.2, -0.15) is 0 Å². The fourth-order valence-electron chi connectivity index (χ4n) is 2.61. The van der Waals surface area contributed by atoms with Crippen molar-refractivity contribution in [1.82, 2.24) is 9.96 Å². The zero-order valence-corrected chi connectivity index (χ0v) is 16.3. The van der Waals surface area contributed by atoms with Gasteiger partial charge in [-0.1, -0.05) is 6.07 Å². The van der Waals surface area contributed by atoms with Gasteiger partial charge in [0.15, 0.2) is 0 Å². The van der Waals surface area contributed by atoms with Crippen molar-refractivity contribution in [1.29, 1.82) is 0 Å². The van der Waals surface area contributed by atoms with Gasteiger partial charge < -0.3 is 14.5 Å². The molecule has 0 saturated carbocycles. The molecule has 1 aromatic carbocycles. The average Bonchev–Trinajstić information content (AvgIpc) is 2.62. The second-order valence-electron chi connectivity index (χ2n) is 7.71. The van der Waals surface area contributed by atoms with Crippen LogP contribution in [0.15, 0.2) is 24.3 Å². The lowest BCUT2D eigenvalue weighted by Gasteiger charge is -2.34. The molecule has 0 unspecified atom stereocenters. The maximum absolute atomic E-state index is 11.9. The van der Waals surface area contributed by atoms with Crippen LogP contribution < -0.4 is 4.74 Å². The van der Waals surface area contributed by atoms with Crippen molar-refractivity contribution < 1.29 is 19.3 Å². The molecular weight excluding hydrogens is 350 g/mol. The Hall–Kier alpha value is -2.19. The van der Waals surface area contributed by atoms with Crippen LogP contribution >= 0.6 is 0 Å². The van der Waals surface area contributed by atoms with Gasteiger partial charge >= 0.3 is 5.97 Å². The first kappa shape index (κ1) is 21.1. The van der Waals surface area contributed by atoms with E-state index in [-0.39, 0.29) is 11.7 Å². The zero-order chi connectivity index (χ0) is 19.9. The zero-order valence-electron chi connectivity index (χ0n) is 16.3. The van der Waals surface area contributed by atoms with Crippen LogP contribution in [-0.2, 0) is 9.63 Å². The number of nitro groups is 1. The first-order valence-corrected chi connectivity index (χ1v) is 9.32. The number of carbonyl (C=O) groups excluding carboxylic acids is 1. The highest BCUT2D eigenvalue weighted by Crippen LogP contribution is 2.19. The van der Waals surface area contributed by atoms with Gasteiger partial charge in [-0.3, -0.25) is 10.1 Å². The van der Waals surface area contributed by atoms with Crippen molar-refractivity contribution in [3.8, 4) is 5.75 Å². The number of carbonyl (C=O) groups is 1. The van der Waals surface area contributed by atoms with Gasteiger partial charge in [0.2, 0.25) is 0 Å². The Morgan fingerprint density at radius 3 is 2.52 bits per heavy atom. The Morgan fingerprint density at radius 1 is 1.19 bits per heavy atom. The summed E-state index contributed by atoms with van der Waals surface area (Å²) in [5, 5.41) is 12.5. The molecule has 150 valence electrons. The molecule has 1 aromatic rings. The van der Waals surface area contributed by atoms with Gasteiger partial charge in [0.05, 0.1) is 23.0 Å². The van der Waals surface area contributed by atoms with Gasteiger partial charge in [-0.15, -0.1) is 5.06 Å². The molecule has 0 aromatic heterocycles. The van der Waals surface area contributed by atoms with E-state index in [0.717, 1.165) is 32.5 Å². The molecule has 0 amide bonds. The molecule has 1 aliphatic heterocycles. The number of hydrogen-bond donors (Lipinski definition) is 0. The molecule has 2 rings (SSSR count). The summed E-state index contributed by atoms with van der Waals surface area (Å²) in [7, 11) is 0. The van der Waals surface area contributed by atoms with Crippen LogP contribution in [0.2, 0.25) is 0 Å². The summed E-state index contributed by atoms with van der Waals surface area (Å²) in [5.74, 6) is 0.327. The summed E-state index contributed by atoms with van der Waals surface area (Å²) in [6.45, 7) is 10.2. The summed E-state index contributed by atoms with van der Waals surface area (Å²) in [6.07, 6.45) is 1.86. The monoisotopic (exact) mass is 379 g/mol. The Morgan fingerprint density at radius 2 is 1.89 bits per heavy atom. The number of benzene rings is 1. The summed E-state index contributed by atoms with van der Waals surface area (Å²) in [4.78, 5) is 30.0. The molecule has 0 radical (unpaired) electrons. The quantitative estimate of drug-likeness (QED) is 0.390. The average molecular weight is 379 g/mol. The van der Waals surface area contributed by atoms with Crippen LogP contribution in [-0.4, -0.2) is 60.2 Å². The third-order valence-electron chi connectivity index (χ3n) is 4.32. The normalized spacial score (nSPS) is 16.1. The first-order valence-electron chi connectivity index (χ1n) is 9.32. The minimum atomic E-state index is -0.490. The SMILES string of the molecule is CC(C)(C)C(=O)ON1CCN(CCCCOc2cccc([N+](=O)[O-])c2)CC1. The number of ether oxygens (including phenoxy) is 1. The number of hydroxylamine groups is 2. The standard InChI is InChI=1S/C19H29N3O5/c1-19(2,3)18(23)27-21-12-10-20(11-13-21)9-4-5-14-26-17-8-6-7-16(15-17)22(24)25/h6-8,15H,4-5,9-14H2,1-3H3. The second kappa shape index (κ2) is 9.66. The van der Waals surface area contributed by atoms with E-state index in [1.54, 1.807) is 17.2 Å². The lowest BCUT2D eigenvalue weighted by Crippen LogP contribution is -2.48. The van der Waals surface area contributed by atoms with Crippen molar-refractivity contribution >= 4 is 11.7 Å². The third-order valence-corrected chi connectivity index (χ3v) is 4.32. The van der Waals surface area contributed by atoms with E-state index in [1.807, 2.05) is 20.8 Å². The molecule has 1 saturated heterocycles. The molecule has 0 bridgehead atoms. The van der Waals surface area contributed by atoms with Crippen LogP contribution in [0.1, 0.15) is 33.6 Å². The van der Waals surface area contributed by atoms with Crippen molar-refractivity contribution in [2.45, 2.75) is 33.6 Å². The maximum Gasteiger partial charge on any atom is 0.330 e. The number of unbranched alkanes of at least 4 members (excludes halogenated alkanes) is 1. The molecule has 1 aliphatic rings. The molecule has 27 heavy (non-hydrogen) atoms. The molecule has 8 nitrogen and oxygen atoms in total. The van der Waals surface area contributed by atoms with Crippen molar-refractivity contribution in [2.24, 2.45) is 5.41 Å². The molecular formula is C19H29N3O5. The Kier molecular flexibility index (Phi) is 7.55. The van der Waals surface area contributed by atoms with Gasteiger partial charge in [0.25, 0.3) is 5.69 Å². The van der Waals surface area contributed by atoms with E-state index < -0.39 is 10.3 Å². The Balaban J connectivity index is 1.59. The van der Waals surface area contributed by atoms with Gasteiger partial charge in [0, 0.05) is 32.2 Å². The van der Waals surface area contributed by atoms with Crippen molar-refractivity contribution in [3.05, 3.63) is 34.4 Å². The van der Waals surface area contributed by atoms with Crippen molar-refractivity contribution in [2.75, 3.05) is 39.3 Å². The van der Waals surface area contributed by atoms with E-state index in [4.69, 9.17) is 9.57 Å². The molecule has 8 heteroatoms. The number of nitro benzene ring substituents is 1. The first-order chi connectivity index (χ1) is 12.8. The summed E-state index contributed by atoms with van der Waals surface area (Å²) < 4.78 is 5.59. The van der Waals surface area contributed by atoms with Crippen LogP contribution in [0.4, 0.5) is 5.69 Å². The number of rotatable bonds is 8. The highest BCUT2D eigenvalue weighted by atomic mass is 16.7. The summed E-state index contributed by atoms with van der Waals surface area (Å²) in [5.41, 5.74) is -0.450. The van der Waals surface area contributed by atoms with Gasteiger partial charge in [0.1, 0.15) is 5.75 Å².